The Balaban J connectivity index is 1.39. The zero-order valence-corrected chi connectivity index (χ0v) is 13.5. The molecule has 5 saturated carbocycles. The van der Waals surface area contributed by atoms with Gasteiger partial charge in [0.2, 0.25) is 0 Å². The fourth-order valence-corrected chi connectivity index (χ4v) is 6.29. The summed E-state index contributed by atoms with van der Waals surface area (Å²) in [4.78, 5) is 12.9. The number of carbonyl (C=O) groups is 1. The Bertz CT molecular complexity index is 371. The summed E-state index contributed by atoms with van der Waals surface area (Å²) in [5.41, 5.74) is -0.0592. The molecule has 118 valence electrons. The van der Waals surface area contributed by atoms with E-state index in [1.165, 1.54) is 38.5 Å². The van der Waals surface area contributed by atoms with Crippen LogP contribution in [0.15, 0.2) is 0 Å². The molecule has 0 aromatic rings. The Kier molecular flexibility index (Phi) is 3.54. The molecule has 2 nitrogen and oxygen atoms in total. The van der Waals surface area contributed by atoms with E-state index in [0.717, 1.165) is 55.8 Å². The van der Waals surface area contributed by atoms with E-state index in [0.29, 0.717) is 0 Å². The molecule has 21 heavy (non-hydrogen) atoms. The van der Waals surface area contributed by atoms with Crippen molar-refractivity contribution in [3.63, 3.8) is 0 Å². The first-order valence-corrected chi connectivity index (χ1v) is 9.38. The number of esters is 1. The standard InChI is InChI=1S/C19H30O2/c1-2-13-3-5-17(6-4-13)21-18(20)19-10-14-7-15(11-19)9-16(8-14)12-19/h13-17H,2-12H2,1H3. The van der Waals surface area contributed by atoms with Crippen LogP contribution >= 0.6 is 0 Å². The van der Waals surface area contributed by atoms with E-state index in [4.69, 9.17) is 4.74 Å². The van der Waals surface area contributed by atoms with Gasteiger partial charge >= 0.3 is 5.97 Å². The van der Waals surface area contributed by atoms with Crippen LogP contribution in [0.5, 0.6) is 0 Å². The van der Waals surface area contributed by atoms with Crippen molar-refractivity contribution in [1.29, 1.82) is 0 Å². The summed E-state index contributed by atoms with van der Waals surface area (Å²) in [5, 5.41) is 0. The summed E-state index contributed by atoms with van der Waals surface area (Å²) < 4.78 is 6.03. The van der Waals surface area contributed by atoms with E-state index in [1.54, 1.807) is 0 Å². The van der Waals surface area contributed by atoms with Crippen LogP contribution in [0, 0.1) is 29.1 Å². The quantitative estimate of drug-likeness (QED) is 0.703. The molecule has 0 aromatic carbocycles. The van der Waals surface area contributed by atoms with E-state index in [1.807, 2.05) is 0 Å². The van der Waals surface area contributed by atoms with Crippen molar-refractivity contribution in [1.82, 2.24) is 0 Å². The Morgan fingerprint density at radius 2 is 1.48 bits per heavy atom. The Labute approximate surface area is 129 Å². The van der Waals surface area contributed by atoms with Gasteiger partial charge < -0.3 is 4.74 Å². The normalized spacial score (nSPS) is 48.3. The number of hydrogen-bond donors (Lipinski definition) is 0. The molecule has 5 rings (SSSR count). The van der Waals surface area contributed by atoms with Crippen molar-refractivity contribution in [2.24, 2.45) is 29.1 Å². The number of ether oxygens (including phenoxy) is 1. The van der Waals surface area contributed by atoms with Gasteiger partial charge in [-0.2, -0.15) is 0 Å². The molecular formula is C19H30O2. The fraction of sp³-hybridized carbons (Fsp3) is 0.947. The maximum atomic E-state index is 12.9. The lowest BCUT2D eigenvalue weighted by molar-refractivity contribution is -0.178. The second-order valence-electron chi connectivity index (χ2n) is 8.65. The first-order chi connectivity index (χ1) is 10.2. The number of carbonyl (C=O) groups excluding carboxylic acids is 1. The van der Waals surface area contributed by atoms with Gasteiger partial charge in [0.15, 0.2) is 0 Å². The zero-order chi connectivity index (χ0) is 14.4. The third kappa shape index (κ3) is 2.53. The van der Waals surface area contributed by atoms with Crippen LogP contribution in [0.3, 0.4) is 0 Å². The van der Waals surface area contributed by atoms with Crippen LogP contribution in [0.25, 0.3) is 0 Å². The van der Waals surface area contributed by atoms with Crippen molar-refractivity contribution in [2.45, 2.75) is 83.7 Å². The maximum absolute atomic E-state index is 12.9. The van der Waals surface area contributed by atoms with Gasteiger partial charge in [-0.15, -0.1) is 0 Å². The van der Waals surface area contributed by atoms with Gasteiger partial charge in [0.25, 0.3) is 0 Å². The molecule has 0 spiro atoms. The van der Waals surface area contributed by atoms with Crippen LogP contribution in [-0.4, -0.2) is 12.1 Å². The summed E-state index contributed by atoms with van der Waals surface area (Å²) in [6, 6.07) is 0. The Morgan fingerprint density at radius 1 is 0.952 bits per heavy atom. The molecule has 5 aliphatic carbocycles. The molecule has 0 saturated heterocycles. The second kappa shape index (κ2) is 5.28. The average Bonchev–Trinajstić information content (AvgIpc) is 2.46. The molecule has 0 unspecified atom stereocenters. The minimum Gasteiger partial charge on any atom is -0.462 e. The van der Waals surface area contributed by atoms with Gasteiger partial charge in [0.05, 0.1) is 5.41 Å². The smallest absolute Gasteiger partial charge is 0.312 e. The highest BCUT2D eigenvalue weighted by Crippen LogP contribution is 2.60. The Morgan fingerprint density at radius 3 is 1.95 bits per heavy atom. The molecule has 0 aliphatic heterocycles. The topological polar surface area (TPSA) is 26.3 Å². The molecular weight excluding hydrogens is 260 g/mol. The van der Waals surface area contributed by atoms with E-state index >= 15 is 0 Å². The molecule has 4 bridgehead atoms. The number of hydrogen-bond acceptors (Lipinski definition) is 2. The van der Waals surface area contributed by atoms with Crippen LogP contribution in [0.1, 0.15) is 77.6 Å². The molecule has 0 N–H and O–H groups in total. The van der Waals surface area contributed by atoms with Crippen molar-refractivity contribution in [3.8, 4) is 0 Å². The van der Waals surface area contributed by atoms with E-state index in [2.05, 4.69) is 6.92 Å². The predicted molar refractivity (Wildman–Crippen MR) is 82.7 cm³/mol. The van der Waals surface area contributed by atoms with Crippen molar-refractivity contribution in [3.05, 3.63) is 0 Å². The lowest BCUT2D eigenvalue weighted by atomic mass is 9.49. The fourth-order valence-electron chi connectivity index (χ4n) is 6.29. The predicted octanol–water partition coefficient (Wildman–Crippen LogP) is 4.71. The molecule has 5 aliphatic rings. The van der Waals surface area contributed by atoms with Gasteiger partial charge in [-0.05, 0) is 87.9 Å². The summed E-state index contributed by atoms with van der Waals surface area (Å²) in [7, 11) is 0. The minimum atomic E-state index is -0.0592. The van der Waals surface area contributed by atoms with Crippen LogP contribution < -0.4 is 0 Å². The van der Waals surface area contributed by atoms with Gasteiger partial charge in [0.1, 0.15) is 6.10 Å². The van der Waals surface area contributed by atoms with Crippen LogP contribution in [-0.2, 0) is 9.53 Å². The average molecular weight is 290 g/mol. The Hall–Kier alpha value is -0.530. The second-order valence-corrected chi connectivity index (χ2v) is 8.65. The zero-order valence-electron chi connectivity index (χ0n) is 13.5. The highest BCUT2D eigenvalue weighted by Gasteiger charge is 2.55. The van der Waals surface area contributed by atoms with Gasteiger partial charge in [-0.25, -0.2) is 0 Å². The summed E-state index contributed by atoms with van der Waals surface area (Å²) in [5.74, 6) is 3.57. The van der Waals surface area contributed by atoms with Crippen LogP contribution in [0.2, 0.25) is 0 Å². The molecule has 0 atom stereocenters. The van der Waals surface area contributed by atoms with E-state index in [-0.39, 0.29) is 17.5 Å². The van der Waals surface area contributed by atoms with Crippen LogP contribution in [0.4, 0.5) is 0 Å². The van der Waals surface area contributed by atoms with E-state index in [9.17, 15) is 4.79 Å². The molecule has 0 heterocycles. The highest BCUT2D eigenvalue weighted by molar-refractivity contribution is 5.77. The van der Waals surface area contributed by atoms with Gasteiger partial charge in [-0.3, -0.25) is 4.79 Å². The molecule has 2 heteroatoms. The maximum Gasteiger partial charge on any atom is 0.312 e. The van der Waals surface area contributed by atoms with Gasteiger partial charge in [-0.1, -0.05) is 13.3 Å². The molecule has 0 radical (unpaired) electrons. The molecule has 0 aromatic heterocycles. The van der Waals surface area contributed by atoms with Crippen molar-refractivity contribution >= 4 is 5.97 Å². The largest absolute Gasteiger partial charge is 0.462 e. The minimum absolute atomic E-state index is 0.0592. The van der Waals surface area contributed by atoms with Crippen molar-refractivity contribution in [2.75, 3.05) is 0 Å². The third-order valence-electron chi connectivity index (χ3n) is 7.12. The molecule has 0 amide bonds. The summed E-state index contributed by atoms with van der Waals surface area (Å²) >= 11 is 0. The SMILES string of the molecule is CCC1CCC(OC(=O)C23CC4CC(CC(C4)C2)C3)CC1. The lowest BCUT2D eigenvalue weighted by Gasteiger charge is -2.55. The van der Waals surface area contributed by atoms with Gasteiger partial charge in [0, 0.05) is 0 Å². The highest BCUT2D eigenvalue weighted by atomic mass is 16.5. The summed E-state index contributed by atoms with van der Waals surface area (Å²) in [6.45, 7) is 2.28. The van der Waals surface area contributed by atoms with E-state index < -0.39 is 0 Å². The summed E-state index contributed by atoms with van der Waals surface area (Å²) in [6.07, 6.45) is 13.9. The first-order valence-electron chi connectivity index (χ1n) is 9.38. The van der Waals surface area contributed by atoms with Crippen molar-refractivity contribution < 1.29 is 9.53 Å². The monoisotopic (exact) mass is 290 g/mol. The molecule has 5 fully saturated rings. The first kappa shape index (κ1) is 14.1. The lowest BCUT2D eigenvalue weighted by Crippen LogP contribution is -2.51. The number of rotatable bonds is 3. The third-order valence-corrected chi connectivity index (χ3v) is 7.12.